The standard InChI is InChI=1S/C13H12N2O2S/c16-13(17)12-5-11(18-14-12)8-15-6-9-3-1-2-4-10(9)7-15/h1-5H,6-8H2,(H,16,17). The summed E-state index contributed by atoms with van der Waals surface area (Å²) in [6.45, 7) is 2.62. The lowest BCUT2D eigenvalue weighted by Crippen LogP contribution is -2.14. The zero-order valence-corrected chi connectivity index (χ0v) is 10.5. The van der Waals surface area contributed by atoms with Crippen molar-refractivity contribution in [3.63, 3.8) is 0 Å². The molecule has 0 atom stereocenters. The maximum Gasteiger partial charge on any atom is 0.355 e. The minimum atomic E-state index is -0.956. The molecule has 1 N–H and O–H groups in total. The molecular weight excluding hydrogens is 248 g/mol. The third kappa shape index (κ3) is 2.14. The smallest absolute Gasteiger partial charge is 0.355 e. The van der Waals surface area contributed by atoms with Gasteiger partial charge in [-0.2, -0.15) is 4.37 Å². The number of carboxylic acids is 1. The summed E-state index contributed by atoms with van der Waals surface area (Å²) in [6.07, 6.45) is 0. The summed E-state index contributed by atoms with van der Waals surface area (Å²) in [6, 6.07) is 10.1. The summed E-state index contributed by atoms with van der Waals surface area (Å²) in [5.74, 6) is -0.956. The van der Waals surface area contributed by atoms with Gasteiger partial charge in [0.25, 0.3) is 0 Å². The van der Waals surface area contributed by atoms with Gasteiger partial charge in [0.1, 0.15) is 0 Å². The predicted molar refractivity (Wildman–Crippen MR) is 68.5 cm³/mol. The molecule has 0 amide bonds. The van der Waals surface area contributed by atoms with E-state index in [0.29, 0.717) is 0 Å². The molecule has 0 spiro atoms. The molecule has 1 aliphatic rings. The quantitative estimate of drug-likeness (QED) is 0.920. The second kappa shape index (κ2) is 4.51. The summed E-state index contributed by atoms with van der Waals surface area (Å²) in [5, 5.41) is 8.83. The minimum Gasteiger partial charge on any atom is -0.476 e. The molecule has 92 valence electrons. The highest BCUT2D eigenvalue weighted by molar-refractivity contribution is 7.05. The lowest BCUT2D eigenvalue weighted by atomic mass is 10.1. The Hall–Kier alpha value is -1.72. The summed E-state index contributed by atoms with van der Waals surface area (Å²) in [7, 11) is 0. The van der Waals surface area contributed by atoms with Crippen molar-refractivity contribution in [1.82, 2.24) is 9.27 Å². The average Bonchev–Trinajstić information content (AvgIpc) is 2.94. The number of benzene rings is 1. The van der Waals surface area contributed by atoms with Crippen LogP contribution < -0.4 is 0 Å². The van der Waals surface area contributed by atoms with Gasteiger partial charge in [-0.05, 0) is 28.7 Å². The van der Waals surface area contributed by atoms with E-state index in [1.165, 1.54) is 22.7 Å². The molecule has 0 bridgehead atoms. The van der Waals surface area contributed by atoms with Crippen molar-refractivity contribution in [3.8, 4) is 0 Å². The number of carboxylic acid groups (broad SMARTS) is 1. The average molecular weight is 260 g/mol. The summed E-state index contributed by atoms with van der Waals surface area (Å²) in [4.78, 5) is 14.1. The van der Waals surface area contributed by atoms with Crippen LogP contribution in [0.5, 0.6) is 0 Å². The molecule has 2 aromatic rings. The SMILES string of the molecule is O=C(O)c1cc(CN2Cc3ccccc3C2)sn1. The Morgan fingerprint density at radius 3 is 2.56 bits per heavy atom. The van der Waals surface area contributed by atoms with Crippen LogP contribution in [0.15, 0.2) is 30.3 Å². The Kier molecular flexibility index (Phi) is 2.85. The number of rotatable bonds is 3. The molecule has 0 unspecified atom stereocenters. The fourth-order valence-electron chi connectivity index (χ4n) is 2.22. The van der Waals surface area contributed by atoms with E-state index in [2.05, 4.69) is 33.5 Å². The van der Waals surface area contributed by atoms with Crippen LogP contribution in [0.2, 0.25) is 0 Å². The first-order chi connectivity index (χ1) is 8.72. The fourth-order valence-corrected chi connectivity index (χ4v) is 2.98. The van der Waals surface area contributed by atoms with Gasteiger partial charge in [0.2, 0.25) is 0 Å². The van der Waals surface area contributed by atoms with Gasteiger partial charge in [0, 0.05) is 24.5 Å². The maximum absolute atomic E-state index is 10.8. The first-order valence-corrected chi connectivity index (χ1v) is 6.48. The molecule has 1 aromatic carbocycles. The van der Waals surface area contributed by atoms with Crippen LogP contribution in [0.1, 0.15) is 26.5 Å². The van der Waals surface area contributed by atoms with Crippen molar-refractivity contribution in [2.45, 2.75) is 19.6 Å². The lowest BCUT2D eigenvalue weighted by molar-refractivity contribution is 0.0691. The Morgan fingerprint density at radius 1 is 1.33 bits per heavy atom. The topological polar surface area (TPSA) is 53.4 Å². The Labute approximate surface area is 109 Å². The maximum atomic E-state index is 10.8. The summed E-state index contributed by atoms with van der Waals surface area (Å²) < 4.78 is 3.92. The highest BCUT2D eigenvalue weighted by Gasteiger charge is 2.19. The van der Waals surface area contributed by atoms with Crippen molar-refractivity contribution >= 4 is 17.5 Å². The van der Waals surface area contributed by atoms with E-state index in [4.69, 9.17) is 5.11 Å². The number of nitrogens with zero attached hydrogens (tertiary/aromatic N) is 2. The number of hydrogen-bond donors (Lipinski definition) is 1. The monoisotopic (exact) mass is 260 g/mol. The zero-order chi connectivity index (χ0) is 12.5. The van der Waals surface area contributed by atoms with Gasteiger partial charge in [-0.15, -0.1) is 0 Å². The minimum absolute atomic E-state index is 0.145. The number of carbonyl (C=O) groups is 1. The van der Waals surface area contributed by atoms with Crippen LogP contribution in [0.4, 0.5) is 0 Å². The molecule has 0 saturated carbocycles. The molecule has 0 radical (unpaired) electrons. The van der Waals surface area contributed by atoms with E-state index in [-0.39, 0.29) is 5.69 Å². The number of hydrogen-bond acceptors (Lipinski definition) is 4. The lowest BCUT2D eigenvalue weighted by Gasteiger charge is -2.12. The van der Waals surface area contributed by atoms with E-state index < -0.39 is 5.97 Å². The third-order valence-corrected chi connectivity index (χ3v) is 3.83. The van der Waals surface area contributed by atoms with Crippen LogP contribution in [-0.2, 0) is 19.6 Å². The van der Waals surface area contributed by atoms with E-state index in [1.807, 2.05) is 0 Å². The van der Waals surface area contributed by atoms with Crippen LogP contribution in [-0.4, -0.2) is 20.3 Å². The largest absolute Gasteiger partial charge is 0.476 e. The number of aromatic nitrogens is 1. The van der Waals surface area contributed by atoms with Crippen molar-refractivity contribution in [2.75, 3.05) is 0 Å². The first-order valence-electron chi connectivity index (χ1n) is 5.70. The van der Waals surface area contributed by atoms with Gasteiger partial charge >= 0.3 is 5.97 Å². The normalized spacial score (nSPS) is 14.7. The van der Waals surface area contributed by atoms with E-state index >= 15 is 0 Å². The Bertz CT molecular complexity index is 569. The van der Waals surface area contributed by atoms with E-state index in [1.54, 1.807) is 6.07 Å². The molecule has 2 heterocycles. The highest BCUT2D eigenvalue weighted by atomic mass is 32.1. The van der Waals surface area contributed by atoms with Crippen LogP contribution in [0, 0.1) is 0 Å². The molecule has 1 aliphatic heterocycles. The van der Waals surface area contributed by atoms with E-state index in [0.717, 1.165) is 24.5 Å². The second-order valence-electron chi connectivity index (χ2n) is 4.40. The van der Waals surface area contributed by atoms with Gasteiger partial charge in [-0.25, -0.2) is 4.79 Å². The second-order valence-corrected chi connectivity index (χ2v) is 5.29. The van der Waals surface area contributed by atoms with Gasteiger partial charge in [0.15, 0.2) is 5.69 Å². The zero-order valence-electron chi connectivity index (χ0n) is 9.67. The first kappa shape index (κ1) is 11.4. The number of aromatic carboxylic acids is 1. The van der Waals surface area contributed by atoms with Crippen LogP contribution in [0.25, 0.3) is 0 Å². The third-order valence-electron chi connectivity index (χ3n) is 3.06. The molecule has 0 fully saturated rings. The Morgan fingerprint density at radius 2 is 2.00 bits per heavy atom. The number of fused-ring (bicyclic) bond motifs is 1. The molecule has 0 saturated heterocycles. The van der Waals surface area contributed by atoms with Crippen LogP contribution >= 0.6 is 11.5 Å². The molecule has 0 aliphatic carbocycles. The molecular formula is C13H12N2O2S. The van der Waals surface area contributed by atoms with Gasteiger partial charge in [-0.3, -0.25) is 4.90 Å². The molecule has 3 rings (SSSR count). The Balaban J connectivity index is 1.70. The van der Waals surface area contributed by atoms with Crippen molar-refractivity contribution in [1.29, 1.82) is 0 Å². The van der Waals surface area contributed by atoms with Crippen molar-refractivity contribution in [3.05, 3.63) is 52.0 Å². The molecule has 1 aromatic heterocycles. The predicted octanol–water partition coefficient (Wildman–Crippen LogP) is 2.36. The summed E-state index contributed by atoms with van der Waals surface area (Å²) in [5.41, 5.74) is 2.87. The molecule has 4 nitrogen and oxygen atoms in total. The molecule has 18 heavy (non-hydrogen) atoms. The van der Waals surface area contributed by atoms with Gasteiger partial charge in [-0.1, -0.05) is 24.3 Å². The van der Waals surface area contributed by atoms with Crippen LogP contribution in [0.3, 0.4) is 0 Å². The summed E-state index contributed by atoms with van der Waals surface area (Å²) >= 11 is 1.27. The van der Waals surface area contributed by atoms with Gasteiger partial charge in [0.05, 0.1) is 0 Å². The fraction of sp³-hybridized carbons (Fsp3) is 0.231. The van der Waals surface area contributed by atoms with Crippen molar-refractivity contribution < 1.29 is 9.90 Å². The van der Waals surface area contributed by atoms with Crippen molar-refractivity contribution in [2.24, 2.45) is 0 Å². The van der Waals surface area contributed by atoms with E-state index in [9.17, 15) is 4.79 Å². The molecule has 5 heteroatoms. The highest BCUT2D eigenvalue weighted by Crippen LogP contribution is 2.25. The van der Waals surface area contributed by atoms with Gasteiger partial charge < -0.3 is 5.11 Å².